The fourth-order valence-electron chi connectivity index (χ4n) is 3.48. The first kappa shape index (κ1) is 13.1. The first-order valence-corrected chi connectivity index (χ1v) is 7.78. The van der Waals surface area contributed by atoms with E-state index in [1.54, 1.807) is 0 Å². The van der Waals surface area contributed by atoms with Gasteiger partial charge in [0, 0.05) is 6.04 Å². The molecule has 1 aliphatic carbocycles. The molecule has 3 rings (SSSR count). The van der Waals surface area contributed by atoms with Gasteiger partial charge in [0.15, 0.2) is 0 Å². The molecule has 1 aliphatic heterocycles. The molecule has 0 aromatic heterocycles. The Hall–Kier alpha value is -0.860. The van der Waals surface area contributed by atoms with Gasteiger partial charge in [-0.25, -0.2) is 0 Å². The Morgan fingerprint density at radius 1 is 1.11 bits per heavy atom. The van der Waals surface area contributed by atoms with E-state index in [0.29, 0.717) is 0 Å². The molecule has 19 heavy (non-hydrogen) atoms. The number of rotatable bonds is 4. The van der Waals surface area contributed by atoms with E-state index in [2.05, 4.69) is 18.2 Å². The van der Waals surface area contributed by atoms with Crippen molar-refractivity contribution in [3.05, 3.63) is 34.9 Å². The van der Waals surface area contributed by atoms with E-state index < -0.39 is 0 Å². The summed E-state index contributed by atoms with van der Waals surface area (Å²) in [4.78, 5) is 0. The van der Waals surface area contributed by atoms with Crippen LogP contribution in [-0.4, -0.2) is 0 Å². The van der Waals surface area contributed by atoms with Crippen LogP contribution in [0.1, 0.15) is 67.7 Å². The Balaban J connectivity index is 1.56. The third-order valence-corrected chi connectivity index (χ3v) is 4.78. The smallest absolute Gasteiger partial charge is 0.0725 e. The maximum Gasteiger partial charge on any atom is 0.0725 e. The molecule has 2 nitrogen and oxygen atoms in total. The standard InChI is InChI=1S/C17H25NO/c18-17(9-6-13-4-2-1-3-5-13)14-7-8-15-11-19-12-16(15)10-14/h7-8,10,13,17H,1-6,9,11-12,18H2. The molecule has 1 heterocycles. The lowest BCUT2D eigenvalue weighted by Crippen LogP contribution is -2.14. The Labute approximate surface area is 116 Å². The van der Waals surface area contributed by atoms with Gasteiger partial charge in [-0.05, 0) is 35.4 Å². The molecule has 2 heteroatoms. The quantitative estimate of drug-likeness (QED) is 0.884. The van der Waals surface area contributed by atoms with Crippen LogP contribution in [0.15, 0.2) is 18.2 Å². The molecule has 0 amide bonds. The van der Waals surface area contributed by atoms with Crippen LogP contribution >= 0.6 is 0 Å². The van der Waals surface area contributed by atoms with Crippen molar-refractivity contribution in [2.75, 3.05) is 0 Å². The number of nitrogens with two attached hydrogens (primary N) is 1. The molecule has 0 radical (unpaired) electrons. The van der Waals surface area contributed by atoms with E-state index in [-0.39, 0.29) is 6.04 Å². The number of benzene rings is 1. The van der Waals surface area contributed by atoms with Crippen LogP contribution in [0.3, 0.4) is 0 Å². The molecule has 1 unspecified atom stereocenters. The van der Waals surface area contributed by atoms with Gasteiger partial charge in [-0.3, -0.25) is 0 Å². The van der Waals surface area contributed by atoms with Gasteiger partial charge >= 0.3 is 0 Å². The molecule has 1 aromatic rings. The summed E-state index contributed by atoms with van der Waals surface area (Å²) < 4.78 is 5.46. The third-order valence-electron chi connectivity index (χ3n) is 4.78. The maximum absolute atomic E-state index is 6.37. The number of hydrogen-bond donors (Lipinski definition) is 1. The molecule has 0 saturated heterocycles. The van der Waals surface area contributed by atoms with E-state index >= 15 is 0 Å². The van der Waals surface area contributed by atoms with Gasteiger partial charge in [0.2, 0.25) is 0 Å². The molecule has 2 N–H and O–H groups in total. The Morgan fingerprint density at radius 3 is 2.74 bits per heavy atom. The summed E-state index contributed by atoms with van der Waals surface area (Å²) in [6.45, 7) is 1.53. The first-order chi connectivity index (χ1) is 9.33. The largest absolute Gasteiger partial charge is 0.372 e. The molecule has 104 valence electrons. The van der Waals surface area contributed by atoms with E-state index in [0.717, 1.165) is 25.6 Å². The van der Waals surface area contributed by atoms with Gasteiger partial charge in [0.1, 0.15) is 0 Å². The highest BCUT2D eigenvalue weighted by atomic mass is 16.5. The zero-order valence-electron chi connectivity index (χ0n) is 11.7. The maximum atomic E-state index is 6.37. The van der Waals surface area contributed by atoms with Crippen molar-refractivity contribution < 1.29 is 4.74 Å². The Kier molecular flexibility index (Phi) is 4.19. The SMILES string of the molecule is NC(CCC1CCCCC1)c1ccc2c(c1)COC2. The highest BCUT2D eigenvalue weighted by molar-refractivity contribution is 5.34. The van der Waals surface area contributed by atoms with Crippen LogP contribution in [0.2, 0.25) is 0 Å². The summed E-state index contributed by atoms with van der Waals surface area (Å²) in [5.41, 5.74) is 10.3. The molecular formula is C17H25NO. The van der Waals surface area contributed by atoms with Gasteiger partial charge < -0.3 is 10.5 Å². The van der Waals surface area contributed by atoms with E-state index in [4.69, 9.17) is 10.5 Å². The monoisotopic (exact) mass is 259 g/mol. The Morgan fingerprint density at radius 2 is 1.89 bits per heavy atom. The molecule has 1 aromatic carbocycles. The number of hydrogen-bond acceptors (Lipinski definition) is 2. The minimum Gasteiger partial charge on any atom is -0.372 e. The van der Waals surface area contributed by atoms with E-state index in [1.807, 2.05) is 0 Å². The van der Waals surface area contributed by atoms with Gasteiger partial charge in [-0.15, -0.1) is 0 Å². The van der Waals surface area contributed by atoms with Gasteiger partial charge in [0.05, 0.1) is 13.2 Å². The second-order valence-corrected chi connectivity index (χ2v) is 6.21. The fourth-order valence-corrected chi connectivity index (χ4v) is 3.48. The molecule has 0 bridgehead atoms. The van der Waals surface area contributed by atoms with Crippen molar-refractivity contribution in [3.8, 4) is 0 Å². The van der Waals surface area contributed by atoms with Gasteiger partial charge in [-0.2, -0.15) is 0 Å². The van der Waals surface area contributed by atoms with Crippen molar-refractivity contribution in [1.82, 2.24) is 0 Å². The van der Waals surface area contributed by atoms with Crippen molar-refractivity contribution in [2.24, 2.45) is 11.7 Å². The Bertz CT molecular complexity index is 423. The lowest BCUT2D eigenvalue weighted by molar-refractivity contribution is 0.134. The van der Waals surface area contributed by atoms with Crippen molar-refractivity contribution in [2.45, 2.75) is 64.2 Å². The average molecular weight is 259 g/mol. The summed E-state index contributed by atoms with van der Waals surface area (Å²) in [5.74, 6) is 0.928. The average Bonchev–Trinajstić information content (AvgIpc) is 2.93. The van der Waals surface area contributed by atoms with E-state index in [1.165, 1.54) is 55.2 Å². The van der Waals surface area contributed by atoms with Crippen molar-refractivity contribution in [3.63, 3.8) is 0 Å². The normalized spacial score (nSPS) is 21.3. The predicted molar refractivity (Wildman–Crippen MR) is 77.7 cm³/mol. The van der Waals surface area contributed by atoms with Crippen LogP contribution in [-0.2, 0) is 18.0 Å². The number of ether oxygens (including phenoxy) is 1. The zero-order chi connectivity index (χ0) is 13.1. The second kappa shape index (κ2) is 6.06. The lowest BCUT2D eigenvalue weighted by atomic mass is 9.84. The minimum atomic E-state index is 0.202. The molecule has 1 fully saturated rings. The highest BCUT2D eigenvalue weighted by Crippen LogP contribution is 2.30. The summed E-state index contributed by atoms with van der Waals surface area (Å²) in [6, 6.07) is 6.85. The predicted octanol–water partition coefficient (Wildman–Crippen LogP) is 4.08. The van der Waals surface area contributed by atoms with Crippen LogP contribution in [0, 0.1) is 5.92 Å². The van der Waals surface area contributed by atoms with Crippen molar-refractivity contribution in [1.29, 1.82) is 0 Å². The molecular weight excluding hydrogens is 234 g/mol. The summed E-state index contributed by atoms with van der Waals surface area (Å²) >= 11 is 0. The van der Waals surface area contributed by atoms with Crippen molar-refractivity contribution >= 4 is 0 Å². The third kappa shape index (κ3) is 3.18. The number of fused-ring (bicyclic) bond motifs is 1. The molecule has 0 spiro atoms. The molecule has 2 aliphatic rings. The lowest BCUT2D eigenvalue weighted by Gasteiger charge is -2.23. The fraction of sp³-hybridized carbons (Fsp3) is 0.647. The summed E-state index contributed by atoms with van der Waals surface area (Å²) in [7, 11) is 0. The topological polar surface area (TPSA) is 35.2 Å². The first-order valence-electron chi connectivity index (χ1n) is 7.78. The van der Waals surface area contributed by atoms with Crippen LogP contribution in [0.25, 0.3) is 0 Å². The van der Waals surface area contributed by atoms with E-state index in [9.17, 15) is 0 Å². The summed E-state index contributed by atoms with van der Waals surface area (Å²) in [5, 5.41) is 0. The van der Waals surface area contributed by atoms with Crippen LogP contribution in [0.5, 0.6) is 0 Å². The molecule has 1 saturated carbocycles. The van der Waals surface area contributed by atoms with Crippen LogP contribution < -0.4 is 5.73 Å². The van der Waals surface area contributed by atoms with Gasteiger partial charge in [0.25, 0.3) is 0 Å². The summed E-state index contributed by atoms with van der Waals surface area (Å²) in [6.07, 6.45) is 9.56. The molecule has 1 atom stereocenters. The van der Waals surface area contributed by atoms with Gasteiger partial charge in [-0.1, -0.05) is 50.3 Å². The zero-order valence-corrected chi connectivity index (χ0v) is 11.7. The highest BCUT2D eigenvalue weighted by Gasteiger charge is 2.17. The van der Waals surface area contributed by atoms with Crippen LogP contribution in [0.4, 0.5) is 0 Å². The minimum absolute atomic E-state index is 0.202. The second-order valence-electron chi connectivity index (χ2n) is 6.21.